The van der Waals surface area contributed by atoms with Crippen molar-refractivity contribution in [2.75, 3.05) is 13.2 Å². The van der Waals surface area contributed by atoms with Gasteiger partial charge in [-0.2, -0.15) is 5.10 Å². The van der Waals surface area contributed by atoms with Gasteiger partial charge in [0.25, 0.3) is 11.6 Å². The molecule has 0 aromatic heterocycles. The summed E-state index contributed by atoms with van der Waals surface area (Å²) in [6, 6.07) is 18.5. The lowest BCUT2D eigenvalue weighted by Crippen LogP contribution is -2.24. The van der Waals surface area contributed by atoms with Gasteiger partial charge in [-0.3, -0.25) is 14.9 Å². The molecule has 1 amide bonds. The van der Waals surface area contributed by atoms with Gasteiger partial charge in [-0.25, -0.2) is 10.2 Å². The maximum Gasteiger partial charge on any atom is 0.343 e. The quantitative estimate of drug-likeness (QED) is 0.159. The number of nitrogens with zero attached hydrogens (tertiary/aromatic N) is 2. The van der Waals surface area contributed by atoms with Gasteiger partial charge in [0, 0.05) is 12.1 Å². The molecule has 10 heteroatoms. The zero-order valence-corrected chi connectivity index (χ0v) is 18.2. The molecule has 174 valence electrons. The van der Waals surface area contributed by atoms with Gasteiger partial charge in [-0.15, -0.1) is 0 Å². The van der Waals surface area contributed by atoms with E-state index in [2.05, 4.69) is 10.5 Å². The standard InChI is InChI=1S/C24H21N3O7/c1-2-32-21-5-3-4-6-22(21)33-16-23(28)26-25-15-17-7-13-20(14-8-17)34-24(29)18-9-11-19(12-10-18)27(30)31/h3-15H,2,16H2,1H3,(H,26,28)/b25-15+. The number of non-ortho nitro benzene ring substituents is 1. The number of hydrazone groups is 1. The van der Waals surface area contributed by atoms with Crippen LogP contribution in [0.2, 0.25) is 0 Å². The van der Waals surface area contributed by atoms with Crippen LogP contribution in [0, 0.1) is 10.1 Å². The Morgan fingerprint density at radius 2 is 1.62 bits per heavy atom. The summed E-state index contributed by atoms with van der Waals surface area (Å²) >= 11 is 0. The molecule has 0 aliphatic rings. The molecule has 0 atom stereocenters. The number of nitrogens with one attached hydrogen (secondary N) is 1. The topological polar surface area (TPSA) is 129 Å². The van der Waals surface area contributed by atoms with Crippen LogP contribution in [0.5, 0.6) is 17.2 Å². The smallest absolute Gasteiger partial charge is 0.343 e. The SMILES string of the molecule is CCOc1ccccc1OCC(=O)N/N=C/c1ccc(OC(=O)c2ccc([N+](=O)[O-])cc2)cc1. The number of para-hydroxylation sites is 2. The molecule has 10 nitrogen and oxygen atoms in total. The molecule has 0 aliphatic heterocycles. The van der Waals surface area contributed by atoms with Crippen LogP contribution in [-0.2, 0) is 4.79 Å². The van der Waals surface area contributed by atoms with E-state index in [1.165, 1.54) is 30.5 Å². The average molecular weight is 463 g/mol. The molecule has 0 spiro atoms. The van der Waals surface area contributed by atoms with E-state index >= 15 is 0 Å². The Morgan fingerprint density at radius 1 is 0.971 bits per heavy atom. The van der Waals surface area contributed by atoms with Crippen molar-refractivity contribution in [3.8, 4) is 17.2 Å². The van der Waals surface area contributed by atoms with Crippen LogP contribution in [0.3, 0.4) is 0 Å². The first kappa shape index (κ1) is 23.9. The minimum Gasteiger partial charge on any atom is -0.490 e. The van der Waals surface area contributed by atoms with Crippen molar-refractivity contribution >= 4 is 23.8 Å². The van der Waals surface area contributed by atoms with Crippen LogP contribution >= 0.6 is 0 Å². The van der Waals surface area contributed by atoms with Crippen LogP contribution in [0.4, 0.5) is 5.69 Å². The second kappa shape index (κ2) is 11.8. The summed E-state index contributed by atoms with van der Waals surface area (Å²) in [5, 5.41) is 14.6. The Balaban J connectivity index is 1.47. The van der Waals surface area contributed by atoms with E-state index in [1.807, 2.05) is 13.0 Å². The van der Waals surface area contributed by atoms with Gasteiger partial charge >= 0.3 is 5.97 Å². The number of hydrogen-bond acceptors (Lipinski definition) is 8. The fourth-order valence-electron chi connectivity index (χ4n) is 2.71. The van der Waals surface area contributed by atoms with Crippen molar-refractivity contribution in [2.24, 2.45) is 5.10 Å². The Morgan fingerprint density at radius 3 is 2.24 bits per heavy atom. The molecule has 3 aromatic carbocycles. The predicted octanol–water partition coefficient (Wildman–Crippen LogP) is 3.74. The fourth-order valence-corrected chi connectivity index (χ4v) is 2.71. The first-order chi connectivity index (χ1) is 16.5. The second-order valence-electron chi connectivity index (χ2n) is 6.72. The largest absolute Gasteiger partial charge is 0.490 e. The fraction of sp³-hybridized carbons (Fsp3) is 0.125. The summed E-state index contributed by atoms with van der Waals surface area (Å²) in [5.74, 6) is 0.203. The Hall–Kier alpha value is -4.73. The van der Waals surface area contributed by atoms with Crippen molar-refractivity contribution in [1.29, 1.82) is 0 Å². The number of carbonyl (C=O) groups excluding carboxylic acids is 2. The first-order valence-corrected chi connectivity index (χ1v) is 10.2. The number of esters is 1. The average Bonchev–Trinajstić information content (AvgIpc) is 2.85. The number of rotatable bonds is 10. The minimum absolute atomic E-state index is 0.117. The molecule has 0 fully saturated rings. The second-order valence-corrected chi connectivity index (χ2v) is 6.72. The lowest BCUT2D eigenvalue weighted by molar-refractivity contribution is -0.384. The lowest BCUT2D eigenvalue weighted by atomic mass is 10.2. The Labute approximate surface area is 194 Å². The summed E-state index contributed by atoms with van der Waals surface area (Å²) in [6.45, 7) is 2.10. The third-order valence-corrected chi connectivity index (χ3v) is 4.32. The van der Waals surface area contributed by atoms with Crippen molar-refractivity contribution in [1.82, 2.24) is 5.43 Å². The highest BCUT2D eigenvalue weighted by Crippen LogP contribution is 2.26. The highest BCUT2D eigenvalue weighted by molar-refractivity contribution is 5.91. The van der Waals surface area contributed by atoms with E-state index in [0.717, 1.165) is 0 Å². The number of nitro groups is 1. The zero-order valence-electron chi connectivity index (χ0n) is 18.2. The van der Waals surface area contributed by atoms with E-state index < -0.39 is 16.8 Å². The maximum atomic E-state index is 12.2. The number of carbonyl (C=O) groups is 2. The number of ether oxygens (including phenoxy) is 3. The van der Waals surface area contributed by atoms with Crippen LogP contribution in [0.25, 0.3) is 0 Å². The molecular weight excluding hydrogens is 442 g/mol. The third kappa shape index (κ3) is 6.89. The molecule has 0 radical (unpaired) electrons. The number of amides is 1. The van der Waals surface area contributed by atoms with Crippen LogP contribution < -0.4 is 19.6 Å². The highest BCUT2D eigenvalue weighted by atomic mass is 16.6. The van der Waals surface area contributed by atoms with Gasteiger partial charge in [-0.05, 0) is 61.0 Å². The summed E-state index contributed by atoms with van der Waals surface area (Å²) in [6.07, 6.45) is 1.42. The molecule has 3 aromatic rings. The molecule has 0 saturated heterocycles. The van der Waals surface area contributed by atoms with Gasteiger partial charge in [-0.1, -0.05) is 12.1 Å². The van der Waals surface area contributed by atoms with Crippen LogP contribution in [0.1, 0.15) is 22.8 Å². The molecule has 0 heterocycles. The molecule has 0 unspecified atom stereocenters. The van der Waals surface area contributed by atoms with Gasteiger partial charge < -0.3 is 14.2 Å². The summed E-state index contributed by atoms with van der Waals surface area (Å²) in [7, 11) is 0. The van der Waals surface area contributed by atoms with Crippen LogP contribution in [-0.4, -0.2) is 36.2 Å². The normalized spacial score (nSPS) is 10.5. The molecule has 1 N–H and O–H groups in total. The number of benzene rings is 3. The van der Waals surface area contributed by atoms with Crippen molar-refractivity contribution in [3.05, 3.63) is 94.0 Å². The van der Waals surface area contributed by atoms with E-state index in [-0.39, 0.29) is 23.6 Å². The summed E-state index contributed by atoms with van der Waals surface area (Å²) in [4.78, 5) is 34.3. The van der Waals surface area contributed by atoms with Gasteiger partial charge in [0.05, 0.1) is 23.3 Å². The summed E-state index contributed by atoms with van der Waals surface area (Å²) in [5.41, 5.74) is 3.08. The summed E-state index contributed by atoms with van der Waals surface area (Å²) < 4.78 is 16.2. The van der Waals surface area contributed by atoms with Crippen molar-refractivity contribution in [3.63, 3.8) is 0 Å². The molecule has 34 heavy (non-hydrogen) atoms. The number of nitro benzene ring substituents is 1. The maximum absolute atomic E-state index is 12.2. The van der Waals surface area contributed by atoms with Gasteiger partial charge in [0.1, 0.15) is 5.75 Å². The van der Waals surface area contributed by atoms with Gasteiger partial charge in [0.2, 0.25) is 0 Å². The highest BCUT2D eigenvalue weighted by Gasteiger charge is 2.11. The first-order valence-electron chi connectivity index (χ1n) is 10.2. The zero-order chi connectivity index (χ0) is 24.3. The Kier molecular flexibility index (Phi) is 8.28. The predicted molar refractivity (Wildman–Crippen MR) is 123 cm³/mol. The number of hydrogen-bond donors (Lipinski definition) is 1. The van der Waals surface area contributed by atoms with E-state index in [9.17, 15) is 19.7 Å². The lowest BCUT2D eigenvalue weighted by Gasteiger charge is -2.10. The van der Waals surface area contributed by atoms with Crippen molar-refractivity contribution in [2.45, 2.75) is 6.92 Å². The van der Waals surface area contributed by atoms with E-state index in [1.54, 1.807) is 42.5 Å². The van der Waals surface area contributed by atoms with Crippen LogP contribution in [0.15, 0.2) is 77.9 Å². The van der Waals surface area contributed by atoms with Crippen molar-refractivity contribution < 1.29 is 28.7 Å². The molecule has 0 bridgehead atoms. The molecular formula is C24H21N3O7. The Bertz CT molecular complexity index is 1180. The minimum atomic E-state index is -0.644. The molecule has 0 saturated carbocycles. The third-order valence-electron chi connectivity index (χ3n) is 4.32. The van der Waals surface area contributed by atoms with Gasteiger partial charge in [0.15, 0.2) is 18.1 Å². The molecule has 0 aliphatic carbocycles. The molecule has 3 rings (SSSR count). The van der Waals surface area contributed by atoms with E-state index in [4.69, 9.17) is 14.2 Å². The monoisotopic (exact) mass is 463 g/mol. The van der Waals surface area contributed by atoms with E-state index in [0.29, 0.717) is 23.7 Å².